The number of benzene rings is 2. The second-order valence-electron chi connectivity index (χ2n) is 10.5. The quantitative estimate of drug-likeness (QED) is 0.217. The Balaban J connectivity index is 1.36. The highest BCUT2D eigenvalue weighted by atomic mass is 16.5. The summed E-state index contributed by atoms with van der Waals surface area (Å²) in [6.07, 6.45) is 11.3. The molecule has 1 aliphatic carbocycles. The Morgan fingerprint density at radius 3 is 2.32 bits per heavy atom. The number of aliphatic hydroxyl groups excluding tert-OH is 1. The van der Waals surface area contributed by atoms with E-state index in [0.29, 0.717) is 19.4 Å². The minimum Gasteiger partial charge on any atom is -0.497 e. The van der Waals surface area contributed by atoms with Gasteiger partial charge in [-0.15, -0.1) is 0 Å². The molecule has 0 aromatic heterocycles. The molecule has 1 heterocycles. The number of carbonyl (C=O) groups excluding carboxylic acids is 1. The first-order valence-corrected chi connectivity index (χ1v) is 14.1. The van der Waals surface area contributed by atoms with Crippen LogP contribution in [0.4, 0.5) is 0 Å². The van der Waals surface area contributed by atoms with E-state index in [1.165, 1.54) is 26.4 Å². The van der Waals surface area contributed by atoms with Crippen LogP contribution in [0.3, 0.4) is 0 Å². The summed E-state index contributed by atoms with van der Waals surface area (Å²) in [5, 5.41) is 11.1. The van der Waals surface area contributed by atoms with Crippen molar-refractivity contribution in [2.24, 2.45) is 5.92 Å². The number of rotatable bonds is 12. The van der Waals surface area contributed by atoms with Gasteiger partial charge in [0, 0.05) is 24.8 Å². The number of hydrogen-bond donors (Lipinski definition) is 1. The Morgan fingerprint density at radius 2 is 1.66 bits per heavy atom. The molecule has 0 amide bonds. The summed E-state index contributed by atoms with van der Waals surface area (Å²) in [4.78, 5) is 13.9. The predicted molar refractivity (Wildman–Crippen MR) is 150 cm³/mol. The molecule has 6 heteroatoms. The first-order valence-electron chi connectivity index (χ1n) is 14.1. The molecular formula is C32H43NO5. The maximum atomic E-state index is 11.4. The number of methoxy groups -OCH3 is 2. The Kier molecular flexibility index (Phi) is 10.8. The van der Waals surface area contributed by atoms with E-state index in [9.17, 15) is 9.90 Å². The maximum absolute atomic E-state index is 11.4. The van der Waals surface area contributed by atoms with Gasteiger partial charge < -0.3 is 19.3 Å². The van der Waals surface area contributed by atoms with E-state index in [1.54, 1.807) is 7.11 Å². The minimum atomic E-state index is -0.367. The van der Waals surface area contributed by atoms with E-state index >= 15 is 0 Å². The molecule has 0 bridgehead atoms. The second kappa shape index (κ2) is 14.5. The lowest BCUT2D eigenvalue weighted by atomic mass is 9.93. The van der Waals surface area contributed by atoms with Gasteiger partial charge in [0.05, 0.1) is 33.0 Å². The van der Waals surface area contributed by atoms with Crippen molar-refractivity contribution in [3.8, 4) is 16.9 Å². The predicted octanol–water partition coefficient (Wildman–Crippen LogP) is 5.77. The lowest BCUT2D eigenvalue weighted by Crippen LogP contribution is -2.47. The van der Waals surface area contributed by atoms with Crippen molar-refractivity contribution >= 4 is 5.97 Å². The third-order valence-corrected chi connectivity index (χ3v) is 7.99. The van der Waals surface area contributed by atoms with Crippen LogP contribution in [-0.2, 0) is 20.9 Å². The molecule has 0 unspecified atom stereocenters. The van der Waals surface area contributed by atoms with Crippen LogP contribution in [0.1, 0.15) is 56.9 Å². The van der Waals surface area contributed by atoms with Crippen molar-refractivity contribution in [3.05, 3.63) is 66.2 Å². The van der Waals surface area contributed by atoms with Crippen molar-refractivity contribution in [3.63, 3.8) is 0 Å². The number of nitrogens with zero attached hydrogens (tertiary/aromatic N) is 1. The van der Waals surface area contributed by atoms with E-state index in [2.05, 4.69) is 53.5 Å². The molecule has 2 aliphatic rings. The fourth-order valence-electron chi connectivity index (χ4n) is 5.89. The van der Waals surface area contributed by atoms with Gasteiger partial charge >= 0.3 is 5.97 Å². The van der Waals surface area contributed by atoms with Gasteiger partial charge in [0.1, 0.15) is 5.75 Å². The number of esters is 1. The molecule has 4 atom stereocenters. The molecule has 206 valence electrons. The first-order chi connectivity index (χ1) is 18.6. The number of likely N-dealkylation sites (tertiary alicyclic amines) is 1. The van der Waals surface area contributed by atoms with E-state index in [1.807, 2.05) is 12.1 Å². The van der Waals surface area contributed by atoms with Gasteiger partial charge in [-0.1, -0.05) is 55.0 Å². The smallest absolute Gasteiger partial charge is 0.305 e. The molecular weight excluding hydrogens is 478 g/mol. The molecule has 1 aliphatic heterocycles. The van der Waals surface area contributed by atoms with Crippen LogP contribution in [0.2, 0.25) is 0 Å². The topological polar surface area (TPSA) is 68.2 Å². The van der Waals surface area contributed by atoms with Crippen molar-refractivity contribution < 1.29 is 24.1 Å². The average molecular weight is 522 g/mol. The lowest BCUT2D eigenvalue weighted by Gasteiger charge is -2.37. The highest BCUT2D eigenvalue weighted by Crippen LogP contribution is 2.37. The SMILES string of the molecule is COC(=O)CCCC=CC[C@@H]1[C@@H](N2CCCCC2)[C@H](O)C[C@@H]1OCc1ccc(-c2ccc(OC)cc2)cc1. The molecule has 1 saturated carbocycles. The second-order valence-corrected chi connectivity index (χ2v) is 10.5. The molecule has 2 aromatic carbocycles. The molecule has 38 heavy (non-hydrogen) atoms. The minimum absolute atomic E-state index is 0.0120. The zero-order valence-electron chi connectivity index (χ0n) is 22.9. The summed E-state index contributed by atoms with van der Waals surface area (Å²) in [5.41, 5.74) is 3.45. The van der Waals surface area contributed by atoms with Crippen molar-refractivity contribution in [2.75, 3.05) is 27.3 Å². The Hall–Kier alpha value is -2.67. The number of ether oxygens (including phenoxy) is 3. The standard InChI is InChI=1S/C32H43NO5/c1-36-27-18-16-26(17-19-27)25-14-12-24(13-15-25)23-38-30-22-29(34)32(33-20-8-5-9-21-33)28(30)10-6-3-4-7-11-31(35)37-2/h3,6,12-19,28-30,32,34H,4-5,7-11,20-23H2,1-2H3/t28-,29+,30-,32+/m0/s1. The van der Waals surface area contributed by atoms with Crippen LogP contribution < -0.4 is 4.74 Å². The lowest BCUT2D eigenvalue weighted by molar-refractivity contribution is -0.140. The van der Waals surface area contributed by atoms with Crippen LogP contribution in [0.5, 0.6) is 5.75 Å². The van der Waals surface area contributed by atoms with Gasteiger partial charge in [-0.3, -0.25) is 9.69 Å². The van der Waals surface area contributed by atoms with Crippen molar-refractivity contribution in [1.82, 2.24) is 4.90 Å². The van der Waals surface area contributed by atoms with Crippen molar-refractivity contribution in [1.29, 1.82) is 0 Å². The number of carbonyl (C=O) groups is 1. The zero-order chi connectivity index (χ0) is 26.7. The van der Waals surface area contributed by atoms with E-state index in [0.717, 1.165) is 54.8 Å². The van der Waals surface area contributed by atoms with E-state index in [4.69, 9.17) is 14.2 Å². The number of aliphatic hydroxyl groups is 1. The van der Waals surface area contributed by atoms with Gasteiger partial charge in [0.2, 0.25) is 0 Å². The van der Waals surface area contributed by atoms with Crippen LogP contribution in [0.25, 0.3) is 11.1 Å². The summed E-state index contributed by atoms with van der Waals surface area (Å²) in [7, 11) is 3.11. The first kappa shape index (κ1) is 28.3. The maximum Gasteiger partial charge on any atom is 0.305 e. The van der Waals surface area contributed by atoms with Crippen molar-refractivity contribution in [2.45, 2.75) is 76.2 Å². The summed E-state index contributed by atoms with van der Waals surface area (Å²) in [6, 6.07) is 16.7. The summed E-state index contributed by atoms with van der Waals surface area (Å²) >= 11 is 0. The Morgan fingerprint density at radius 1 is 0.974 bits per heavy atom. The number of allylic oxidation sites excluding steroid dienone is 2. The third-order valence-electron chi connectivity index (χ3n) is 7.99. The molecule has 0 radical (unpaired) electrons. The highest BCUT2D eigenvalue weighted by molar-refractivity contribution is 5.69. The van der Waals surface area contributed by atoms with Gasteiger partial charge in [-0.05, 0) is 74.0 Å². The van der Waals surface area contributed by atoms with Gasteiger partial charge in [-0.2, -0.15) is 0 Å². The molecule has 1 N–H and O–H groups in total. The molecule has 0 spiro atoms. The van der Waals surface area contributed by atoms with E-state index < -0.39 is 0 Å². The summed E-state index contributed by atoms with van der Waals surface area (Å²) in [5.74, 6) is 0.942. The van der Waals surface area contributed by atoms with Crippen LogP contribution in [0, 0.1) is 5.92 Å². The third kappa shape index (κ3) is 7.68. The fourth-order valence-corrected chi connectivity index (χ4v) is 5.89. The number of hydrogen-bond acceptors (Lipinski definition) is 6. The normalized spacial score (nSPS) is 24.1. The molecule has 4 rings (SSSR count). The van der Waals surface area contributed by atoms with Gasteiger partial charge in [0.25, 0.3) is 0 Å². The Bertz CT molecular complexity index is 1010. The number of piperidine rings is 1. The van der Waals surface area contributed by atoms with Crippen LogP contribution in [0.15, 0.2) is 60.7 Å². The van der Waals surface area contributed by atoms with E-state index in [-0.39, 0.29) is 30.1 Å². The zero-order valence-corrected chi connectivity index (χ0v) is 22.9. The summed E-state index contributed by atoms with van der Waals surface area (Å²) in [6.45, 7) is 2.65. The highest BCUT2D eigenvalue weighted by Gasteiger charge is 2.45. The van der Waals surface area contributed by atoms with Crippen LogP contribution >= 0.6 is 0 Å². The van der Waals surface area contributed by atoms with Gasteiger partial charge in [0.15, 0.2) is 0 Å². The number of unbranched alkanes of at least 4 members (excludes halogenated alkanes) is 1. The monoisotopic (exact) mass is 521 g/mol. The largest absolute Gasteiger partial charge is 0.497 e. The average Bonchev–Trinajstić information content (AvgIpc) is 3.28. The molecule has 6 nitrogen and oxygen atoms in total. The molecule has 2 aromatic rings. The van der Waals surface area contributed by atoms with Crippen LogP contribution in [-0.4, -0.2) is 61.5 Å². The molecule has 2 fully saturated rings. The fraction of sp³-hybridized carbons (Fsp3) is 0.531. The van der Waals surface area contributed by atoms with Gasteiger partial charge in [-0.25, -0.2) is 0 Å². The Labute approximate surface area is 227 Å². The molecule has 1 saturated heterocycles. The summed E-state index contributed by atoms with van der Waals surface area (Å²) < 4.78 is 16.5.